The van der Waals surface area contributed by atoms with Crippen LogP contribution in [0.5, 0.6) is 0 Å². The van der Waals surface area contributed by atoms with Crippen LogP contribution in [0.3, 0.4) is 0 Å². The maximum atomic E-state index is 14.9. The minimum atomic E-state index is -4.72. The van der Waals surface area contributed by atoms with Crippen LogP contribution < -0.4 is 11.1 Å². The highest BCUT2D eigenvalue weighted by Gasteiger charge is 2.32. The van der Waals surface area contributed by atoms with Crippen LogP contribution in [0.15, 0.2) is 42.7 Å². The first-order valence-corrected chi connectivity index (χ1v) is 9.96. The fraction of sp³-hybridized carbons (Fsp3) is 0.143. The molecule has 13 heteroatoms. The number of aromatic nitrogens is 4. The van der Waals surface area contributed by atoms with Gasteiger partial charge in [-0.3, -0.25) is 4.79 Å². The highest BCUT2D eigenvalue weighted by atomic mass is 35.5. The second-order valence-corrected chi connectivity index (χ2v) is 7.72. The number of halogens is 5. The normalized spacial score (nSPS) is 12.7. The van der Waals surface area contributed by atoms with E-state index in [0.29, 0.717) is 28.9 Å². The molecular weight excluding hydrogens is 480 g/mol. The van der Waals surface area contributed by atoms with Gasteiger partial charge in [0.25, 0.3) is 5.91 Å². The van der Waals surface area contributed by atoms with Crippen molar-refractivity contribution in [1.29, 1.82) is 0 Å². The molecule has 1 amide bonds. The van der Waals surface area contributed by atoms with Crippen molar-refractivity contribution in [3.63, 3.8) is 0 Å². The Morgan fingerprint density at radius 2 is 1.94 bits per heavy atom. The molecule has 0 aliphatic carbocycles. The van der Waals surface area contributed by atoms with Gasteiger partial charge in [0.1, 0.15) is 23.0 Å². The van der Waals surface area contributed by atoms with E-state index in [0.717, 1.165) is 12.1 Å². The van der Waals surface area contributed by atoms with Gasteiger partial charge in [-0.25, -0.2) is 19.0 Å². The van der Waals surface area contributed by atoms with Gasteiger partial charge in [-0.15, -0.1) is 0 Å². The lowest BCUT2D eigenvalue weighted by Crippen LogP contribution is -2.21. The number of nitrogens with two attached hydrogens (primary N) is 1. The van der Waals surface area contributed by atoms with Crippen molar-refractivity contribution < 1.29 is 27.5 Å². The third kappa shape index (κ3) is 4.37. The maximum Gasteiger partial charge on any atom is 0.416 e. The Labute approximate surface area is 194 Å². The number of nitrogens with one attached hydrogen (secondary N) is 1. The summed E-state index contributed by atoms with van der Waals surface area (Å²) in [6, 6.07) is 5.89. The largest absolute Gasteiger partial charge is 0.416 e. The van der Waals surface area contributed by atoms with E-state index in [9.17, 15) is 27.5 Å². The lowest BCUT2D eigenvalue weighted by molar-refractivity contribution is -0.138. The van der Waals surface area contributed by atoms with Gasteiger partial charge < -0.3 is 16.2 Å². The van der Waals surface area contributed by atoms with Crippen LogP contribution in [0.4, 0.5) is 29.1 Å². The second-order valence-electron chi connectivity index (χ2n) is 7.28. The number of fused-ring (bicyclic) bond motifs is 1. The maximum absolute atomic E-state index is 14.9. The molecular formula is C21H15ClF4N6O2. The van der Waals surface area contributed by atoms with E-state index in [-0.39, 0.29) is 27.8 Å². The van der Waals surface area contributed by atoms with E-state index in [4.69, 9.17) is 17.3 Å². The summed E-state index contributed by atoms with van der Waals surface area (Å²) >= 11 is 5.70. The molecule has 2 heterocycles. The molecule has 0 spiro atoms. The third-order valence-electron chi connectivity index (χ3n) is 4.91. The number of carbonyl (C=O) groups excluding carboxylic acids is 1. The number of rotatable bonds is 4. The number of aliphatic hydroxyl groups is 1. The summed E-state index contributed by atoms with van der Waals surface area (Å²) in [5.41, 5.74) is 5.56. The molecule has 1 atom stereocenters. The summed E-state index contributed by atoms with van der Waals surface area (Å²) in [5.74, 6) is -1.80. The first kappa shape index (κ1) is 23.4. The quantitative estimate of drug-likeness (QED) is 0.366. The van der Waals surface area contributed by atoms with E-state index in [1.54, 1.807) is 6.92 Å². The van der Waals surface area contributed by atoms with Crippen molar-refractivity contribution >= 4 is 40.0 Å². The van der Waals surface area contributed by atoms with Crippen LogP contribution in [-0.4, -0.2) is 30.8 Å². The number of nitrogens with zero attached hydrogens (tertiary/aromatic N) is 4. The average Bonchev–Trinajstić information content (AvgIpc) is 3.10. The molecule has 4 N–H and O–H groups in total. The third-order valence-corrected chi connectivity index (χ3v) is 5.13. The predicted molar refractivity (Wildman–Crippen MR) is 116 cm³/mol. The Morgan fingerprint density at radius 1 is 1.21 bits per heavy atom. The molecule has 176 valence electrons. The molecule has 0 saturated heterocycles. The van der Waals surface area contributed by atoms with Crippen LogP contribution in [0.25, 0.3) is 16.7 Å². The standard InChI is InChI=1S/C21H15ClF4N6O2/c1-9-16-17(19(27)29-8-28-16)32(31-9)15-3-2-13(7-14(15)23)30-20(34)18(33)10-4-11(21(24,25)26)6-12(22)5-10/h2-8,18,33H,1H3,(H,30,34)(H2,27,28,29)/t18-/m1/s1. The minimum absolute atomic E-state index is 0.0113. The Hall–Kier alpha value is -3.77. The average molecular weight is 495 g/mol. The molecule has 0 aliphatic heterocycles. The van der Waals surface area contributed by atoms with Crippen molar-refractivity contribution in [3.8, 4) is 5.69 Å². The topological polar surface area (TPSA) is 119 Å². The van der Waals surface area contributed by atoms with Crippen LogP contribution in [-0.2, 0) is 11.0 Å². The fourth-order valence-corrected chi connectivity index (χ4v) is 3.58. The number of anilines is 2. The number of benzene rings is 2. The molecule has 4 rings (SSSR count). The van der Waals surface area contributed by atoms with Gasteiger partial charge in [-0.1, -0.05) is 11.6 Å². The monoisotopic (exact) mass is 494 g/mol. The number of amides is 1. The van der Waals surface area contributed by atoms with Gasteiger partial charge in [0.15, 0.2) is 17.7 Å². The van der Waals surface area contributed by atoms with Gasteiger partial charge in [-0.2, -0.15) is 18.3 Å². The van der Waals surface area contributed by atoms with Gasteiger partial charge in [0, 0.05) is 10.7 Å². The molecule has 0 bridgehead atoms. The molecule has 0 fully saturated rings. The molecule has 0 unspecified atom stereocenters. The minimum Gasteiger partial charge on any atom is -0.382 e. The van der Waals surface area contributed by atoms with Crippen molar-refractivity contribution in [3.05, 3.63) is 70.4 Å². The number of hydrogen-bond donors (Lipinski definition) is 3. The number of aryl methyl sites for hydroxylation is 1. The highest BCUT2D eigenvalue weighted by molar-refractivity contribution is 6.30. The number of hydrogen-bond acceptors (Lipinski definition) is 6. The lowest BCUT2D eigenvalue weighted by Gasteiger charge is -2.15. The molecule has 0 aliphatic rings. The van der Waals surface area contributed by atoms with E-state index in [2.05, 4.69) is 20.4 Å². The van der Waals surface area contributed by atoms with E-state index < -0.39 is 29.6 Å². The SMILES string of the molecule is Cc1nn(-c2ccc(NC(=O)[C@H](O)c3cc(Cl)cc(C(F)(F)F)c3)cc2F)c2c(N)ncnc12. The van der Waals surface area contributed by atoms with Gasteiger partial charge in [-0.05, 0) is 48.9 Å². The summed E-state index contributed by atoms with van der Waals surface area (Å²) in [4.78, 5) is 20.4. The lowest BCUT2D eigenvalue weighted by atomic mass is 10.0. The van der Waals surface area contributed by atoms with E-state index >= 15 is 0 Å². The second kappa shape index (κ2) is 8.54. The van der Waals surface area contributed by atoms with Gasteiger partial charge in [0.05, 0.1) is 11.3 Å². The first-order valence-electron chi connectivity index (χ1n) is 9.58. The number of nitrogen functional groups attached to an aromatic ring is 1. The van der Waals surface area contributed by atoms with E-state index in [1.807, 2.05) is 0 Å². The first-order chi connectivity index (χ1) is 16.0. The van der Waals surface area contributed by atoms with Crippen molar-refractivity contribution in [2.24, 2.45) is 0 Å². The van der Waals surface area contributed by atoms with E-state index in [1.165, 1.54) is 23.1 Å². The molecule has 4 aromatic rings. The zero-order valence-corrected chi connectivity index (χ0v) is 18.0. The van der Waals surface area contributed by atoms with Crippen LogP contribution in [0, 0.1) is 12.7 Å². The summed E-state index contributed by atoms with van der Waals surface area (Å²) in [7, 11) is 0. The molecule has 0 saturated carbocycles. The Kier molecular flexibility index (Phi) is 5.87. The summed E-state index contributed by atoms with van der Waals surface area (Å²) in [6.45, 7) is 1.67. The highest BCUT2D eigenvalue weighted by Crippen LogP contribution is 2.34. The molecule has 34 heavy (non-hydrogen) atoms. The fourth-order valence-electron chi connectivity index (χ4n) is 3.34. The summed E-state index contributed by atoms with van der Waals surface area (Å²) in [6.07, 6.45) is -5.45. The number of carbonyl (C=O) groups is 1. The molecule has 2 aromatic carbocycles. The number of alkyl halides is 3. The predicted octanol–water partition coefficient (Wildman–Crippen LogP) is 4.19. The Morgan fingerprint density at radius 3 is 2.62 bits per heavy atom. The van der Waals surface area contributed by atoms with Crippen molar-refractivity contribution in [2.45, 2.75) is 19.2 Å². The van der Waals surface area contributed by atoms with Gasteiger partial charge in [0.2, 0.25) is 0 Å². The van der Waals surface area contributed by atoms with Gasteiger partial charge >= 0.3 is 6.18 Å². The zero-order chi connectivity index (χ0) is 24.8. The molecule has 2 aromatic heterocycles. The van der Waals surface area contributed by atoms with Crippen LogP contribution in [0.2, 0.25) is 5.02 Å². The smallest absolute Gasteiger partial charge is 0.382 e. The summed E-state index contributed by atoms with van der Waals surface area (Å²) in [5, 5.41) is 16.4. The molecule has 0 radical (unpaired) electrons. The number of aliphatic hydroxyl groups excluding tert-OH is 1. The Bertz CT molecular complexity index is 1420. The zero-order valence-electron chi connectivity index (χ0n) is 17.2. The Balaban J connectivity index is 1.61. The van der Waals surface area contributed by atoms with Crippen LogP contribution in [0.1, 0.15) is 22.9 Å². The van der Waals surface area contributed by atoms with Crippen LogP contribution >= 0.6 is 11.6 Å². The van der Waals surface area contributed by atoms with Crippen molar-refractivity contribution in [2.75, 3.05) is 11.1 Å². The summed E-state index contributed by atoms with van der Waals surface area (Å²) < 4.78 is 55.1. The molecule has 8 nitrogen and oxygen atoms in total. The van der Waals surface area contributed by atoms with Crippen molar-refractivity contribution in [1.82, 2.24) is 19.7 Å².